The van der Waals surface area contributed by atoms with Gasteiger partial charge in [-0.3, -0.25) is 0 Å². The first-order chi connectivity index (χ1) is 13.1. The molecular weight excluding hydrogens is 360 g/mol. The number of fused-ring (bicyclic) bond motifs is 1. The third-order valence-electron chi connectivity index (χ3n) is 4.42. The second kappa shape index (κ2) is 7.21. The van der Waals surface area contributed by atoms with Gasteiger partial charge in [0.2, 0.25) is 0 Å². The van der Waals surface area contributed by atoms with Gasteiger partial charge >= 0.3 is 11.6 Å². The highest BCUT2D eigenvalue weighted by Crippen LogP contribution is 2.26. The zero-order valence-corrected chi connectivity index (χ0v) is 15.4. The minimum Gasteiger partial charge on any atom is -0.422 e. The van der Waals surface area contributed by atoms with Gasteiger partial charge in [0.25, 0.3) is 0 Å². The maximum Gasteiger partial charge on any atom is 0.353 e. The van der Waals surface area contributed by atoms with Gasteiger partial charge in [-0.2, -0.15) is 0 Å². The lowest BCUT2D eigenvalue weighted by molar-refractivity contribution is 0.0740. The van der Waals surface area contributed by atoms with Gasteiger partial charge in [-0.15, -0.1) is 11.3 Å². The Hall–Kier alpha value is -3.18. The van der Waals surface area contributed by atoms with Crippen LogP contribution in [0.1, 0.15) is 26.4 Å². The molecule has 0 aliphatic carbocycles. The first-order valence-electron chi connectivity index (χ1n) is 8.48. The Labute approximate surface area is 159 Å². The van der Waals surface area contributed by atoms with Crippen LogP contribution in [-0.2, 0) is 6.42 Å². The number of ether oxygens (including phenoxy) is 1. The molecular formula is C22H16O4S. The molecule has 2 aromatic heterocycles. The normalized spacial score (nSPS) is 10.9. The van der Waals surface area contributed by atoms with Crippen molar-refractivity contribution in [3.8, 4) is 5.75 Å². The molecule has 0 aliphatic heterocycles. The predicted octanol–water partition coefficient (Wildman–Crippen LogP) is 4.97. The number of thiophene rings is 1. The van der Waals surface area contributed by atoms with Crippen LogP contribution in [-0.4, -0.2) is 5.97 Å². The van der Waals surface area contributed by atoms with Crippen LogP contribution in [0.4, 0.5) is 0 Å². The van der Waals surface area contributed by atoms with Crippen LogP contribution in [0.2, 0.25) is 0 Å². The van der Waals surface area contributed by atoms with Gasteiger partial charge in [0.1, 0.15) is 16.2 Å². The second-order valence-corrected chi connectivity index (χ2v) is 7.13. The van der Waals surface area contributed by atoms with Crippen molar-refractivity contribution in [2.24, 2.45) is 0 Å². The number of aryl methyl sites for hydroxylation is 1. The van der Waals surface area contributed by atoms with Crippen molar-refractivity contribution in [1.82, 2.24) is 0 Å². The number of esters is 1. The van der Waals surface area contributed by atoms with Crippen molar-refractivity contribution in [3.05, 3.63) is 98.0 Å². The fraction of sp³-hybridized carbons (Fsp3) is 0.0909. The second-order valence-electron chi connectivity index (χ2n) is 6.18. The molecule has 0 saturated heterocycles. The van der Waals surface area contributed by atoms with Gasteiger partial charge in [-0.1, -0.05) is 36.4 Å². The molecule has 4 nitrogen and oxygen atoms in total. The Morgan fingerprint density at radius 1 is 1.07 bits per heavy atom. The van der Waals surface area contributed by atoms with Gasteiger partial charge in [0, 0.05) is 23.4 Å². The summed E-state index contributed by atoms with van der Waals surface area (Å²) < 4.78 is 10.9. The van der Waals surface area contributed by atoms with E-state index < -0.39 is 5.97 Å². The van der Waals surface area contributed by atoms with Gasteiger partial charge in [0.05, 0.1) is 0 Å². The molecule has 2 aromatic carbocycles. The third-order valence-corrected chi connectivity index (χ3v) is 5.27. The van der Waals surface area contributed by atoms with E-state index in [9.17, 15) is 9.59 Å². The van der Waals surface area contributed by atoms with E-state index in [2.05, 4.69) is 0 Å². The van der Waals surface area contributed by atoms with Crippen LogP contribution in [0.5, 0.6) is 5.75 Å². The van der Waals surface area contributed by atoms with E-state index in [-0.39, 0.29) is 5.63 Å². The van der Waals surface area contributed by atoms with Crippen molar-refractivity contribution in [2.75, 3.05) is 0 Å². The van der Waals surface area contributed by atoms with Gasteiger partial charge < -0.3 is 9.15 Å². The minimum absolute atomic E-state index is 0.347. The molecule has 4 rings (SSSR count). The largest absolute Gasteiger partial charge is 0.422 e. The summed E-state index contributed by atoms with van der Waals surface area (Å²) in [6.07, 6.45) is 0.514. The van der Waals surface area contributed by atoms with E-state index in [4.69, 9.17) is 9.15 Å². The topological polar surface area (TPSA) is 56.5 Å². The van der Waals surface area contributed by atoms with Gasteiger partial charge in [-0.25, -0.2) is 9.59 Å². The minimum atomic E-state index is -0.427. The Morgan fingerprint density at radius 2 is 1.89 bits per heavy atom. The molecule has 0 radical (unpaired) electrons. The summed E-state index contributed by atoms with van der Waals surface area (Å²) >= 11 is 1.31. The van der Waals surface area contributed by atoms with Crippen LogP contribution in [0.15, 0.2) is 75.3 Å². The summed E-state index contributed by atoms with van der Waals surface area (Å²) in [5.41, 5.74) is 2.60. The van der Waals surface area contributed by atoms with Crippen molar-refractivity contribution in [2.45, 2.75) is 13.3 Å². The van der Waals surface area contributed by atoms with E-state index in [0.29, 0.717) is 28.2 Å². The van der Waals surface area contributed by atoms with Crippen LogP contribution in [0.3, 0.4) is 0 Å². The first kappa shape index (κ1) is 17.2. The summed E-state index contributed by atoms with van der Waals surface area (Å²) in [5.74, 6) is -0.0802. The number of hydrogen-bond acceptors (Lipinski definition) is 5. The standard InChI is InChI=1S/C22H16O4S/c1-14-17-10-9-16(25-22(24)20-8-5-11-27-20)13-19(17)26-21(23)18(14)12-15-6-3-2-4-7-15/h2-11,13H,12H2,1H3. The van der Waals surface area contributed by atoms with Crippen LogP contribution < -0.4 is 10.4 Å². The van der Waals surface area contributed by atoms with E-state index in [1.165, 1.54) is 11.3 Å². The highest BCUT2D eigenvalue weighted by Gasteiger charge is 2.14. The van der Waals surface area contributed by atoms with Gasteiger partial charge in [0.15, 0.2) is 0 Å². The number of carbonyl (C=O) groups is 1. The summed E-state index contributed by atoms with van der Waals surface area (Å²) in [6.45, 7) is 1.91. The molecule has 0 bridgehead atoms. The van der Waals surface area contributed by atoms with E-state index in [0.717, 1.165) is 16.5 Å². The maximum absolute atomic E-state index is 12.5. The summed E-state index contributed by atoms with van der Waals surface area (Å²) in [6, 6.07) is 18.4. The Kier molecular flexibility index (Phi) is 4.60. The SMILES string of the molecule is Cc1c(Cc2ccccc2)c(=O)oc2cc(OC(=O)c3cccs3)ccc12. The fourth-order valence-corrected chi connectivity index (χ4v) is 3.59. The number of rotatable bonds is 4. The molecule has 0 atom stereocenters. The molecule has 2 heterocycles. The van der Waals surface area contributed by atoms with E-state index in [1.54, 1.807) is 24.3 Å². The van der Waals surface area contributed by atoms with Crippen molar-refractivity contribution in [3.63, 3.8) is 0 Å². The van der Waals surface area contributed by atoms with Gasteiger partial charge in [-0.05, 0) is 41.6 Å². The highest BCUT2D eigenvalue weighted by atomic mass is 32.1. The summed E-state index contributed by atoms with van der Waals surface area (Å²) in [7, 11) is 0. The third kappa shape index (κ3) is 3.55. The van der Waals surface area contributed by atoms with Crippen molar-refractivity contribution >= 4 is 28.3 Å². The zero-order valence-electron chi connectivity index (χ0n) is 14.6. The average molecular weight is 376 g/mol. The molecule has 0 N–H and O–H groups in total. The number of carbonyl (C=O) groups excluding carboxylic acids is 1. The van der Waals surface area contributed by atoms with E-state index in [1.807, 2.05) is 48.7 Å². The molecule has 4 aromatic rings. The summed E-state index contributed by atoms with van der Waals surface area (Å²) in [5, 5.41) is 2.64. The Bertz CT molecular complexity index is 1160. The fourth-order valence-electron chi connectivity index (χ4n) is 2.99. The Morgan fingerprint density at radius 3 is 2.63 bits per heavy atom. The lowest BCUT2D eigenvalue weighted by atomic mass is 10.00. The lowest BCUT2D eigenvalue weighted by Crippen LogP contribution is -2.11. The molecule has 0 unspecified atom stereocenters. The molecule has 0 fully saturated rings. The van der Waals surface area contributed by atoms with Crippen LogP contribution in [0, 0.1) is 6.92 Å². The highest BCUT2D eigenvalue weighted by molar-refractivity contribution is 7.12. The maximum atomic E-state index is 12.5. The number of hydrogen-bond donors (Lipinski definition) is 0. The molecule has 0 saturated carbocycles. The van der Waals surface area contributed by atoms with E-state index >= 15 is 0 Å². The lowest BCUT2D eigenvalue weighted by Gasteiger charge is -2.09. The molecule has 134 valence electrons. The van der Waals surface area contributed by atoms with Crippen molar-refractivity contribution < 1.29 is 13.9 Å². The van der Waals surface area contributed by atoms with Crippen molar-refractivity contribution in [1.29, 1.82) is 0 Å². The molecule has 27 heavy (non-hydrogen) atoms. The molecule has 0 spiro atoms. The Balaban J connectivity index is 1.68. The molecule has 5 heteroatoms. The van der Waals surface area contributed by atoms with Crippen LogP contribution in [0.25, 0.3) is 11.0 Å². The predicted molar refractivity (Wildman–Crippen MR) is 106 cm³/mol. The first-order valence-corrected chi connectivity index (χ1v) is 9.36. The summed E-state index contributed by atoms with van der Waals surface area (Å²) in [4.78, 5) is 25.1. The van der Waals surface area contributed by atoms with Crippen LogP contribution >= 0.6 is 11.3 Å². The average Bonchev–Trinajstić information content (AvgIpc) is 3.21. The quantitative estimate of drug-likeness (QED) is 0.287. The number of benzene rings is 2. The smallest absolute Gasteiger partial charge is 0.353 e. The zero-order chi connectivity index (χ0) is 18.8. The molecule has 0 aliphatic rings. The molecule has 0 amide bonds. The monoisotopic (exact) mass is 376 g/mol.